The minimum atomic E-state index is 0.900. The summed E-state index contributed by atoms with van der Waals surface area (Å²) in [5.74, 6) is 0. The average Bonchev–Trinajstić information content (AvgIpc) is 2.77. The molecule has 132 valence electrons. The number of nitrogens with zero attached hydrogens (tertiary/aromatic N) is 2. The Morgan fingerprint density at radius 3 is 1.77 bits per heavy atom. The molecule has 0 atom stereocenters. The van der Waals surface area contributed by atoms with Gasteiger partial charge in [-0.2, -0.15) is 0 Å². The van der Waals surface area contributed by atoms with Gasteiger partial charge in [0.1, 0.15) is 0 Å². The lowest BCUT2D eigenvalue weighted by atomic mass is 10.0. The van der Waals surface area contributed by atoms with Crippen molar-refractivity contribution in [2.24, 2.45) is 0 Å². The Balaban J connectivity index is 0.000000570. The summed E-state index contributed by atoms with van der Waals surface area (Å²) in [5.41, 5.74) is 6.11. The Bertz CT molecular complexity index is 916. The van der Waals surface area contributed by atoms with E-state index in [0.29, 0.717) is 0 Å². The summed E-state index contributed by atoms with van der Waals surface area (Å²) in [7, 11) is 0. The Hall–Kier alpha value is -3.00. The smallest absolute Gasteiger partial charge is 0.0972 e. The van der Waals surface area contributed by atoms with Crippen LogP contribution in [0.3, 0.4) is 0 Å². The van der Waals surface area contributed by atoms with Crippen LogP contribution >= 0.6 is 0 Å². The van der Waals surface area contributed by atoms with E-state index >= 15 is 0 Å². The fourth-order valence-corrected chi connectivity index (χ4v) is 2.63. The molecule has 0 amide bonds. The molecule has 0 aliphatic heterocycles. The van der Waals surface area contributed by atoms with E-state index in [1.165, 1.54) is 0 Å². The van der Waals surface area contributed by atoms with E-state index in [0.717, 1.165) is 33.4 Å². The predicted molar refractivity (Wildman–Crippen MR) is 113 cm³/mol. The first-order chi connectivity index (χ1) is 12.9. The van der Waals surface area contributed by atoms with E-state index in [9.17, 15) is 0 Å². The largest absolute Gasteiger partial charge is 0.252 e. The number of fused-ring (bicyclic) bond motifs is 1. The maximum absolute atomic E-state index is 4.86. The summed E-state index contributed by atoms with van der Waals surface area (Å²) in [6.07, 6.45) is 1.84. The van der Waals surface area contributed by atoms with Crippen molar-refractivity contribution in [2.45, 2.75) is 27.7 Å². The fraction of sp³-hybridized carbons (Fsp3) is 0.167. The second-order valence-electron chi connectivity index (χ2n) is 5.16. The summed E-state index contributed by atoms with van der Waals surface area (Å²) < 4.78 is 0. The van der Waals surface area contributed by atoms with Gasteiger partial charge in [-0.05, 0) is 11.6 Å². The molecule has 4 aromatic rings. The standard InChI is InChI=1S/C20H14N2.2C2H6/c1-3-8-15(9-4-1)17-12-7-13-18-20(17)22-19(14-21-18)16-10-5-2-6-11-16;2*1-2/h1-14H;2*1-2H3. The third-order valence-corrected chi connectivity index (χ3v) is 3.73. The van der Waals surface area contributed by atoms with Crippen molar-refractivity contribution >= 4 is 11.0 Å². The molecule has 1 heterocycles. The average molecular weight is 342 g/mol. The molecule has 0 unspecified atom stereocenters. The van der Waals surface area contributed by atoms with E-state index < -0.39 is 0 Å². The summed E-state index contributed by atoms with van der Waals surface area (Å²) in [5, 5.41) is 0. The molecule has 0 aliphatic carbocycles. The molecule has 26 heavy (non-hydrogen) atoms. The number of aromatic nitrogens is 2. The topological polar surface area (TPSA) is 25.8 Å². The van der Waals surface area contributed by atoms with Crippen LogP contribution in [0.5, 0.6) is 0 Å². The van der Waals surface area contributed by atoms with Gasteiger partial charge in [0.2, 0.25) is 0 Å². The molecule has 0 radical (unpaired) electrons. The zero-order chi connectivity index (χ0) is 18.8. The van der Waals surface area contributed by atoms with Gasteiger partial charge in [0.25, 0.3) is 0 Å². The van der Waals surface area contributed by atoms with Gasteiger partial charge in [-0.25, -0.2) is 4.98 Å². The Kier molecular flexibility index (Phi) is 7.50. The highest BCUT2D eigenvalue weighted by Gasteiger charge is 2.08. The quantitative estimate of drug-likeness (QED) is 0.391. The Labute approximate surface area is 156 Å². The molecule has 1 aromatic heterocycles. The monoisotopic (exact) mass is 342 g/mol. The molecule has 0 aliphatic rings. The number of rotatable bonds is 2. The van der Waals surface area contributed by atoms with Gasteiger partial charge in [0.05, 0.1) is 22.9 Å². The van der Waals surface area contributed by atoms with E-state index in [1.54, 1.807) is 0 Å². The molecular formula is C24H26N2. The zero-order valence-electron chi connectivity index (χ0n) is 16.0. The highest BCUT2D eigenvalue weighted by molar-refractivity contribution is 5.92. The van der Waals surface area contributed by atoms with Crippen molar-refractivity contribution in [2.75, 3.05) is 0 Å². The number of hydrogen-bond acceptors (Lipinski definition) is 2. The van der Waals surface area contributed by atoms with E-state index in [-0.39, 0.29) is 0 Å². The lowest BCUT2D eigenvalue weighted by molar-refractivity contribution is 1.29. The van der Waals surface area contributed by atoms with Crippen LogP contribution in [0.4, 0.5) is 0 Å². The first-order valence-corrected chi connectivity index (χ1v) is 9.28. The van der Waals surface area contributed by atoms with Crippen LogP contribution in [0, 0.1) is 0 Å². The van der Waals surface area contributed by atoms with Gasteiger partial charge in [-0.1, -0.05) is 100 Å². The first-order valence-electron chi connectivity index (χ1n) is 9.28. The Morgan fingerprint density at radius 2 is 1.15 bits per heavy atom. The third kappa shape index (κ3) is 4.34. The van der Waals surface area contributed by atoms with E-state index in [2.05, 4.69) is 35.3 Å². The highest BCUT2D eigenvalue weighted by atomic mass is 14.8. The second kappa shape index (κ2) is 10.1. The molecule has 0 saturated heterocycles. The molecule has 2 heteroatoms. The van der Waals surface area contributed by atoms with Crippen LogP contribution in [0.15, 0.2) is 85.1 Å². The third-order valence-electron chi connectivity index (χ3n) is 3.73. The van der Waals surface area contributed by atoms with Gasteiger partial charge in [-0.15, -0.1) is 0 Å². The lowest BCUT2D eigenvalue weighted by Gasteiger charge is -2.07. The Morgan fingerprint density at radius 1 is 0.577 bits per heavy atom. The van der Waals surface area contributed by atoms with Gasteiger partial charge >= 0.3 is 0 Å². The molecule has 0 bridgehead atoms. The van der Waals surface area contributed by atoms with E-state index in [1.807, 2.05) is 82.4 Å². The van der Waals surface area contributed by atoms with Crippen LogP contribution in [-0.2, 0) is 0 Å². The molecular weight excluding hydrogens is 316 g/mol. The van der Waals surface area contributed by atoms with Crippen molar-refractivity contribution in [3.05, 3.63) is 85.1 Å². The van der Waals surface area contributed by atoms with Crippen LogP contribution < -0.4 is 0 Å². The minimum Gasteiger partial charge on any atom is -0.252 e. The summed E-state index contributed by atoms with van der Waals surface area (Å²) >= 11 is 0. The number of para-hydroxylation sites is 1. The molecule has 0 saturated carbocycles. The molecule has 0 N–H and O–H groups in total. The highest BCUT2D eigenvalue weighted by Crippen LogP contribution is 2.28. The molecule has 3 aromatic carbocycles. The summed E-state index contributed by atoms with van der Waals surface area (Å²) in [4.78, 5) is 9.44. The first kappa shape index (κ1) is 19.3. The predicted octanol–water partition coefficient (Wildman–Crippen LogP) is 7.02. The van der Waals surface area contributed by atoms with E-state index in [4.69, 9.17) is 4.98 Å². The van der Waals surface area contributed by atoms with Gasteiger partial charge in [0.15, 0.2) is 0 Å². The molecule has 0 fully saturated rings. The molecule has 2 nitrogen and oxygen atoms in total. The summed E-state index contributed by atoms with van der Waals surface area (Å²) in [6.45, 7) is 8.00. The zero-order valence-corrected chi connectivity index (χ0v) is 16.0. The molecule has 4 rings (SSSR count). The normalized spacial score (nSPS) is 9.54. The van der Waals surface area contributed by atoms with Crippen LogP contribution in [0.1, 0.15) is 27.7 Å². The number of hydrogen-bond donors (Lipinski definition) is 0. The van der Waals surface area contributed by atoms with Crippen molar-refractivity contribution in [3.63, 3.8) is 0 Å². The van der Waals surface area contributed by atoms with Crippen LogP contribution in [0.2, 0.25) is 0 Å². The van der Waals surface area contributed by atoms with Crippen LogP contribution in [-0.4, -0.2) is 9.97 Å². The van der Waals surface area contributed by atoms with Crippen molar-refractivity contribution in [1.29, 1.82) is 0 Å². The van der Waals surface area contributed by atoms with Crippen molar-refractivity contribution < 1.29 is 0 Å². The second-order valence-corrected chi connectivity index (χ2v) is 5.16. The molecule has 0 spiro atoms. The van der Waals surface area contributed by atoms with Gasteiger partial charge in [-0.3, -0.25) is 4.98 Å². The fourth-order valence-electron chi connectivity index (χ4n) is 2.63. The van der Waals surface area contributed by atoms with Crippen molar-refractivity contribution in [3.8, 4) is 22.4 Å². The SMILES string of the molecule is CC.CC.c1ccc(-c2cnc3cccc(-c4ccccc4)c3n2)cc1. The van der Waals surface area contributed by atoms with Crippen LogP contribution in [0.25, 0.3) is 33.4 Å². The number of benzene rings is 3. The van der Waals surface area contributed by atoms with Gasteiger partial charge < -0.3 is 0 Å². The summed E-state index contributed by atoms with van der Waals surface area (Å²) in [6, 6.07) is 26.6. The lowest BCUT2D eigenvalue weighted by Crippen LogP contribution is -1.91. The maximum Gasteiger partial charge on any atom is 0.0972 e. The van der Waals surface area contributed by atoms with Crippen molar-refractivity contribution in [1.82, 2.24) is 9.97 Å². The maximum atomic E-state index is 4.86. The van der Waals surface area contributed by atoms with Gasteiger partial charge in [0, 0.05) is 11.1 Å². The minimum absolute atomic E-state index is 0.900.